The van der Waals surface area contributed by atoms with Crippen molar-refractivity contribution in [1.29, 1.82) is 0 Å². The van der Waals surface area contributed by atoms with Crippen LogP contribution < -0.4 is 5.10 Å². The Morgan fingerprint density at radius 1 is 0.944 bits per heavy atom. The number of fused-ring (bicyclic) bond motifs is 1. The van der Waals surface area contributed by atoms with Gasteiger partial charge in [-0.3, -0.25) is 10.1 Å². The van der Waals surface area contributed by atoms with Crippen LogP contribution in [0.3, 0.4) is 0 Å². The van der Waals surface area contributed by atoms with Gasteiger partial charge in [0.2, 0.25) is 0 Å². The Kier molecular flexibility index (Phi) is 11.0. The van der Waals surface area contributed by atoms with Crippen LogP contribution in [0.5, 0.6) is 0 Å². The van der Waals surface area contributed by atoms with Crippen molar-refractivity contribution in [2.75, 3.05) is 0 Å². The Morgan fingerprint density at radius 2 is 1.44 bits per heavy atom. The molecule has 0 saturated heterocycles. The summed E-state index contributed by atoms with van der Waals surface area (Å²) < 4.78 is 0. The van der Waals surface area contributed by atoms with E-state index in [1.54, 1.807) is 0 Å². The van der Waals surface area contributed by atoms with E-state index in [1.807, 2.05) is 34.6 Å². The van der Waals surface area contributed by atoms with E-state index in [9.17, 15) is 0 Å². The summed E-state index contributed by atoms with van der Waals surface area (Å²) in [6.45, 7) is 14.0. The number of hydrogen-bond acceptors (Lipinski definition) is 3. The SMILES string of the molecule is CC.CCC.Cc1nc(C)c2c(C)n[n-]c2n1.[Re]. The van der Waals surface area contributed by atoms with Gasteiger partial charge in [-0.05, 0) is 26.4 Å². The van der Waals surface area contributed by atoms with Gasteiger partial charge in [0.1, 0.15) is 0 Å². The first-order valence-electron chi connectivity index (χ1n) is 6.21. The van der Waals surface area contributed by atoms with Gasteiger partial charge in [-0.1, -0.05) is 34.1 Å². The smallest absolute Gasteiger partial charge is 0.0461 e. The van der Waals surface area contributed by atoms with Crippen LogP contribution >= 0.6 is 0 Å². The summed E-state index contributed by atoms with van der Waals surface area (Å²) in [6, 6.07) is 0. The third kappa shape index (κ3) is 5.24. The molecule has 0 aliphatic carbocycles. The topological polar surface area (TPSA) is 52.8 Å². The second kappa shape index (κ2) is 10.2. The minimum atomic E-state index is 0. The summed E-state index contributed by atoms with van der Waals surface area (Å²) in [5.74, 6) is 0.750. The van der Waals surface area contributed by atoms with E-state index in [-0.39, 0.29) is 20.4 Å². The Labute approximate surface area is 124 Å². The maximum absolute atomic E-state index is 4.24. The summed E-state index contributed by atoms with van der Waals surface area (Å²) in [5.41, 5.74) is 2.57. The predicted molar refractivity (Wildman–Crippen MR) is 72.2 cm³/mol. The van der Waals surface area contributed by atoms with E-state index in [0.717, 1.165) is 22.6 Å². The fourth-order valence-corrected chi connectivity index (χ4v) is 1.36. The van der Waals surface area contributed by atoms with Crippen LogP contribution in [0.4, 0.5) is 0 Å². The number of aryl methyl sites for hydroxylation is 3. The average molecular weight is 422 g/mol. The molecule has 0 unspecified atom stereocenters. The molecule has 2 aromatic heterocycles. The molecule has 0 fully saturated rings. The molecule has 1 radical (unpaired) electrons. The minimum Gasteiger partial charge on any atom is -0.422 e. The Hall–Kier alpha value is -0.788. The molecule has 0 spiro atoms. The largest absolute Gasteiger partial charge is 0.422 e. The molecule has 0 aromatic carbocycles. The predicted octanol–water partition coefficient (Wildman–Crippen LogP) is 3.35. The van der Waals surface area contributed by atoms with Crippen LogP contribution in [0.2, 0.25) is 0 Å². The standard InChI is InChI=1S/C8H9N4.C3H8.C2H6.Re/c1-4-7-5(2)11-12-8(7)10-6(3)9-4;1-3-2;1-2;/h1-3H3;3H2,1-2H3;1-2H3;/q-1;;;. The normalized spacial score (nSPS) is 8.61. The van der Waals surface area contributed by atoms with E-state index < -0.39 is 0 Å². The molecule has 2 heterocycles. The third-order valence-electron chi connectivity index (χ3n) is 1.84. The average Bonchev–Trinajstić information content (AvgIpc) is 2.64. The van der Waals surface area contributed by atoms with Crippen LogP contribution in [0.25, 0.3) is 11.0 Å². The van der Waals surface area contributed by atoms with Crippen molar-refractivity contribution in [3.63, 3.8) is 0 Å². The molecule has 5 heteroatoms. The van der Waals surface area contributed by atoms with E-state index in [1.165, 1.54) is 6.42 Å². The summed E-state index contributed by atoms with van der Waals surface area (Å²) >= 11 is 0. The zero-order valence-electron chi connectivity index (χ0n) is 12.4. The molecule has 0 aliphatic heterocycles. The van der Waals surface area contributed by atoms with Crippen LogP contribution in [0, 0.1) is 20.8 Å². The number of rotatable bonds is 0. The fraction of sp³-hybridized carbons (Fsp3) is 0.615. The van der Waals surface area contributed by atoms with Crippen molar-refractivity contribution in [2.45, 2.75) is 54.9 Å². The Bertz CT molecular complexity index is 451. The van der Waals surface area contributed by atoms with Gasteiger partial charge in [0.15, 0.2) is 0 Å². The summed E-state index contributed by atoms with van der Waals surface area (Å²) in [4.78, 5) is 8.42. The molecule has 0 aliphatic rings. The number of aromatic nitrogens is 4. The molecule has 0 saturated carbocycles. The fourth-order valence-electron chi connectivity index (χ4n) is 1.36. The summed E-state index contributed by atoms with van der Waals surface area (Å²) in [6.07, 6.45) is 1.25. The van der Waals surface area contributed by atoms with Gasteiger partial charge in [0.05, 0.1) is 0 Å². The quantitative estimate of drug-likeness (QED) is 0.655. The van der Waals surface area contributed by atoms with Crippen molar-refractivity contribution in [3.05, 3.63) is 17.2 Å². The molecular weight excluding hydrogens is 398 g/mol. The van der Waals surface area contributed by atoms with E-state index >= 15 is 0 Å². The first kappa shape index (κ1) is 19.5. The Balaban J connectivity index is 0. The zero-order chi connectivity index (χ0) is 13.4. The number of hydrogen-bond donors (Lipinski definition) is 0. The second-order valence-electron chi connectivity index (χ2n) is 3.55. The second-order valence-corrected chi connectivity index (χ2v) is 3.55. The molecule has 18 heavy (non-hydrogen) atoms. The molecule has 0 bridgehead atoms. The van der Waals surface area contributed by atoms with Crippen LogP contribution in [-0.2, 0) is 20.4 Å². The van der Waals surface area contributed by atoms with Gasteiger partial charge in [-0.25, -0.2) is 0 Å². The van der Waals surface area contributed by atoms with Gasteiger partial charge < -0.3 is 10.1 Å². The molecule has 0 N–H and O–H groups in total. The monoisotopic (exact) mass is 422 g/mol. The van der Waals surface area contributed by atoms with Gasteiger partial charge in [0, 0.05) is 43.0 Å². The van der Waals surface area contributed by atoms with Gasteiger partial charge in [0.25, 0.3) is 0 Å². The first-order chi connectivity index (χ1) is 8.10. The van der Waals surface area contributed by atoms with Gasteiger partial charge >= 0.3 is 0 Å². The van der Waals surface area contributed by atoms with Crippen molar-refractivity contribution >= 4 is 11.0 Å². The molecule has 2 rings (SSSR count). The van der Waals surface area contributed by atoms with Crippen molar-refractivity contribution in [1.82, 2.24) is 20.2 Å². The summed E-state index contributed by atoms with van der Waals surface area (Å²) in [7, 11) is 0. The maximum atomic E-state index is 4.24. The molecule has 4 nitrogen and oxygen atoms in total. The molecular formula is C13H23N4Re-. The first-order valence-corrected chi connectivity index (χ1v) is 6.21. The van der Waals surface area contributed by atoms with E-state index in [4.69, 9.17) is 0 Å². The van der Waals surface area contributed by atoms with Crippen LogP contribution in [-0.4, -0.2) is 15.1 Å². The molecule has 0 amide bonds. The van der Waals surface area contributed by atoms with Gasteiger partial charge in [-0.15, -0.1) is 0 Å². The third-order valence-corrected chi connectivity index (χ3v) is 1.84. The van der Waals surface area contributed by atoms with Crippen LogP contribution in [0.1, 0.15) is 51.3 Å². The van der Waals surface area contributed by atoms with Crippen molar-refractivity contribution in [3.8, 4) is 0 Å². The van der Waals surface area contributed by atoms with Crippen molar-refractivity contribution in [2.24, 2.45) is 0 Å². The Morgan fingerprint density at radius 3 is 1.94 bits per heavy atom. The van der Waals surface area contributed by atoms with Crippen molar-refractivity contribution < 1.29 is 20.4 Å². The minimum absolute atomic E-state index is 0. The number of nitrogens with zero attached hydrogens (tertiary/aromatic N) is 4. The van der Waals surface area contributed by atoms with E-state index in [0.29, 0.717) is 5.65 Å². The van der Waals surface area contributed by atoms with E-state index in [2.05, 4.69) is 34.0 Å². The van der Waals surface area contributed by atoms with Gasteiger partial charge in [-0.2, -0.15) is 0 Å². The summed E-state index contributed by atoms with van der Waals surface area (Å²) in [5, 5.41) is 8.87. The molecule has 2 aromatic rings. The molecule has 103 valence electrons. The van der Waals surface area contributed by atoms with Crippen LogP contribution in [0.15, 0.2) is 0 Å². The molecule has 0 atom stereocenters. The maximum Gasteiger partial charge on any atom is 0.0461 e. The zero-order valence-corrected chi connectivity index (χ0v) is 15.1.